The number of nitrogens with zero attached hydrogens (tertiary/aromatic N) is 2. The molecule has 6 heteroatoms. The van der Waals surface area contributed by atoms with E-state index in [0.717, 1.165) is 41.2 Å². The number of nitrogens with one attached hydrogen (secondary N) is 1. The average Bonchev–Trinajstić information content (AvgIpc) is 2.89. The number of anilines is 1. The van der Waals surface area contributed by atoms with Crippen LogP contribution in [0.5, 0.6) is 0 Å². The minimum Gasteiger partial charge on any atom is -0.352 e. The molecule has 0 radical (unpaired) electrons. The molecule has 194 valence electrons. The van der Waals surface area contributed by atoms with Crippen LogP contribution in [0.25, 0.3) is 0 Å². The summed E-state index contributed by atoms with van der Waals surface area (Å²) >= 11 is 1.54. The Balaban J connectivity index is 1.38. The number of carbonyl (C=O) groups is 2. The maximum Gasteiger partial charge on any atom is 0.251 e. The minimum atomic E-state index is -0.100. The van der Waals surface area contributed by atoms with Crippen molar-refractivity contribution in [3.05, 3.63) is 94.5 Å². The predicted molar refractivity (Wildman–Crippen MR) is 153 cm³/mol. The first kappa shape index (κ1) is 27.0. The van der Waals surface area contributed by atoms with Crippen molar-refractivity contribution >= 4 is 29.3 Å². The van der Waals surface area contributed by atoms with Crippen molar-refractivity contribution in [3.8, 4) is 0 Å². The molecular weight excluding hydrogens is 478 g/mol. The fourth-order valence-corrected chi connectivity index (χ4v) is 5.50. The third kappa shape index (κ3) is 7.02. The number of amides is 2. The highest BCUT2D eigenvalue weighted by molar-refractivity contribution is 8.00. The van der Waals surface area contributed by atoms with Crippen LogP contribution in [0.4, 0.5) is 5.69 Å². The van der Waals surface area contributed by atoms with Crippen LogP contribution in [-0.4, -0.2) is 41.6 Å². The number of thioether (sulfide) groups is 1. The van der Waals surface area contributed by atoms with Gasteiger partial charge in [0.1, 0.15) is 0 Å². The zero-order valence-corrected chi connectivity index (χ0v) is 23.1. The van der Waals surface area contributed by atoms with E-state index in [1.807, 2.05) is 29.2 Å². The smallest absolute Gasteiger partial charge is 0.251 e. The Morgan fingerprint density at radius 2 is 1.84 bits per heavy atom. The fourth-order valence-electron chi connectivity index (χ4n) is 4.58. The number of aryl methyl sites for hydroxylation is 2. The zero-order chi connectivity index (χ0) is 26.4. The van der Waals surface area contributed by atoms with Crippen LogP contribution < -0.4 is 10.2 Å². The largest absolute Gasteiger partial charge is 0.352 e. The molecule has 4 rings (SSSR count). The van der Waals surface area contributed by atoms with Crippen molar-refractivity contribution in [2.24, 2.45) is 0 Å². The molecule has 0 atom stereocenters. The van der Waals surface area contributed by atoms with Crippen molar-refractivity contribution in [2.75, 3.05) is 23.7 Å². The van der Waals surface area contributed by atoms with E-state index in [9.17, 15) is 9.59 Å². The first-order valence-corrected chi connectivity index (χ1v) is 14.0. The van der Waals surface area contributed by atoms with Crippen molar-refractivity contribution in [1.82, 2.24) is 10.2 Å². The van der Waals surface area contributed by atoms with Gasteiger partial charge >= 0.3 is 0 Å². The number of fused-ring (bicyclic) bond motifs is 1. The van der Waals surface area contributed by atoms with Crippen molar-refractivity contribution in [1.29, 1.82) is 0 Å². The molecule has 0 aliphatic carbocycles. The van der Waals surface area contributed by atoms with Gasteiger partial charge in [0, 0.05) is 36.1 Å². The van der Waals surface area contributed by atoms with Gasteiger partial charge in [0.05, 0.1) is 18.0 Å². The summed E-state index contributed by atoms with van der Waals surface area (Å²) in [6.45, 7) is 11.5. The molecule has 1 aliphatic rings. The Labute approximate surface area is 225 Å². The monoisotopic (exact) mass is 515 g/mol. The first-order chi connectivity index (χ1) is 17.8. The highest BCUT2D eigenvalue weighted by Gasteiger charge is 2.26. The predicted octanol–water partition coefficient (Wildman–Crippen LogP) is 5.97. The van der Waals surface area contributed by atoms with Gasteiger partial charge in [0.2, 0.25) is 5.91 Å². The number of carbonyl (C=O) groups excluding carboxylic acids is 2. The second-order valence-electron chi connectivity index (χ2n) is 10.0. The summed E-state index contributed by atoms with van der Waals surface area (Å²) in [5.41, 5.74) is 6.18. The van der Waals surface area contributed by atoms with Crippen LogP contribution in [0.1, 0.15) is 52.9 Å². The summed E-state index contributed by atoms with van der Waals surface area (Å²) in [7, 11) is 0. The molecule has 3 aromatic rings. The van der Waals surface area contributed by atoms with Crippen molar-refractivity contribution in [3.63, 3.8) is 0 Å². The molecule has 0 fully saturated rings. The van der Waals surface area contributed by atoms with Gasteiger partial charge in [-0.3, -0.25) is 14.5 Å². The Morgan fingerprint density at radius 1 is 1.05 bits per heavy atom. The number of hydrogen-bond acceptors (Lipinski definition) is 4. The highest BCUT2D eigenvalue weighted by atomic mass is 32.2. The van der Waals surface area contributed by atoms with Crippen LogP contribution in [0.2, 0.25) is 0 Å². The molecular formula is C31H37N3O2S. The summed E-state index contributed by atoms with van der Waals surface area (Å²) in [4.78, 5) is 31.2. The van der Waals surface area contributed by atoms with Crippen molar-refractivity contribution in [2.45, 2.75) is 58.1 Å². The molecule has 2 amide bonds. The van der Waals surface area contributed by atoms with E-state index < -0.39 is 0 Å². The van der Waals surface area contributed by atoms with Crippen LogP contribution in [-0.2, 0) is 17.9 Å². The lowest BCUT2D eigenvalue weighted by Gasteiger charge is -2.30. The van der Waals surface area contributed by atoms with E-state index in [4.69, 9.17) is 0 Å². The van der Waals surface area contributed by atoms with Crippen LogP contribution in [0.3, 0.4) is 0 Å². The molecule has 37 heavy (non-hydrogen) atoms. The summed E-state index contributed by atoms with van der Waals surface area (Å²) in [5, 5.41) is 3.08. The SMILES string of the molecule is Cc1ccc(C)c(CN2C(=O)CSc3ccc(C(=O)NCCCN(Cc4ccccc4)C(C)C)cc32)c1. The van der Waals surface area contributed by atoms with Gasteiger partial charge < -0.3 is 10.2 Å². The van der Waals surface area contributed by atoms with E-state index in [1.54, 1.807) is 0 Å². The van der Waals surface area contributed by atoms with Gasteiger partial charge in [-0.05, 0) is 69.0 Å². The number of rotatable bonds is 10. The summed E-state index contributed by atoms with van der Waals surface area (Å²) in [6, 6.07) is 22.9. The highest BCUT2D eigenvalue weighted by Crippen LogP contribution is 2.37. The molecule has 3 aromatic carbocycles. The third-order valence-electron chi connectivity index (χ3n) is 6.86. The standard InChI is InChI=1S/C31H37N3O2S/c1-22(2)33(19-25-9-6-5-7-10-25)16-8-15-32-31(36)26-13-14-29-28(18-26)34(30(35)21-37-29)20-27-17-23(3)11-12-24(27)4/h5-7,9-14,17-18,22H,8,15-16,19-21H2,1-4H3,(H,32,36). The molecule has 1 N–H and O–H groups in total. The Bertz CT molecular complexity index is 1240. The van der Waals surface area contributed by atoms with Gasteiger partial charge in [0.15, 0.2) is 0 Å². The van der Waals surface area contributed by atoms with E-state index in [-0.39, 0.29) is 11.8 Å². The fraction of sp³-hybridized carbons (Fsp3) is 0.355. The summed E-state index contributed by atoms with van der Waals surface area (Å²) < 4.78 is 0. The molecule has 0 bridgehead atoms. The van der Waals surface area contributed by atoms with E-state index in [2.05, 4.69) is 80.4 Å². The maximum atomic E-state index is 13.0. The van der Waals surface area contributed by atoms with Gasteiger partial charge in [0.25, 0.3) is 5.91 Å². The number of hydrogen-bond donors (Lipinski definition) is 1. The van der Waals surface area contributed by atoms with Gasteiger partial charge in [-0.15, -0.1) is 11.8 Å². The second kappa shape index (κ2) is 12.4. The van der Waals surface area contributed by atoms with E-state index in [0.29, 0.717) is 30.4 Å². The molecule has 0 unspecified atom stereocenters. The lowest BCUT2D eigenvalue weighted by atomic mass is 10.0. The third-order valence-corrected chi connectivity index (χ3v) is 7.91. The molecule has 0 saturated carbocycles. The molecule has 1 heterocycles. The van der Waals surface area contributed by atoms with Crippen LogP contribution in [0.15, 0.2) is 71.6 Å². The Kier molecular flexibility index (Phi) is 9.06. The maximum absolute atomic E-state index is 13.0. The second-order valence-corrected chi connectivity index (χ2v) is 11.1. The molecule has 1 aliphatic heterocycles. The summed E-state index contributed by atoms with van der Waals surface area (Å²) in [5.74, 6) is 0.387. The van der Waals surface area contributed by atoms with Crippen molar-refractivity contribution < 1.29 is 9.59 Å². The van der Waals surface area contributed by atoms with Gasteiger partial charge in [-0.1, -0.05) is 54.1 Å². The molecule has 5 nitrogen and oxygen atoms in total. The lowest BCUT2D eigenvalue weighted by Crippen LogP contribution is -2.35. The van der Waals surface area contributed by atoms with Gasteiger partial charge in [-0.25, -0.2) is 0 Å². The zero-order valence-electron chi connectivity index (χ0n) is 22.3. The lowest BCUT2D eigenvalue weighted by molar-refractivity contribution is -0.116. The average molecular weight is 516 g/mol. The van der Waals surface area contributed by atoms with Crippen LogP contribution in [0, 0.1) is 13.8 Å². The number of benzene rings is 3. The quantitative estimate of drug-likeness (QED) is 0.338. The van der Waals surface area contributed by atoms with Gasteiger partial charge in [-0.2, -0.15) is 0 Å². The Hall–Kier alpha value is -3.09. The molecule has 0 saturated heterocycles. The molecule has 0 spiro atoms. The van der Waals surface area contributed by atoms with E-state index >= 15 is 0 Å². The summed E-state index contributed by atoms with van der Waals surface area (Å²) in [6.07, 6.45) is 0.870. The van der Waals surface area contributed by atoms with E-state index in [1.165, 1.54) is 22.9 Å². The Morgan fingerprint density at radius 3 is 2.59 bits per heavy atom. The minimum absolute atomic E-state index is 0.0724. The first-order valence-electron chi connectivity index (χ1n) is 13.0. The molecule has 0 aromatic heterocycles. The van der Waals surface area contributed by atoms with Crippen LogP contribution >= 0.6 is 11.8 Å². The topological polar surface area (TPSA) is 52.7 Å². The normalized spacial score (nSPS) is 13.2.